The average molecular weight is 526 g/mol. The van der Waals surface area contributed by atoms with E-state index in [1.165, 1.54) is 20.2 Å². The number of amidine groups is 1. The Labute approximate surface area is 217 Å². The van der Waals surface area contributed by atoms with Gasteiger partial charge in [0, 0.05) is 17.6 Å². The first-order valence-corrected chi connectivity index (χ1v) is 11.3. The predicted molar refractivity (Wildman–Crippen MR) is 137 cm³/mol. The first kappa shape index (κ1) is 27.0. The van der Waals surface area contributed by atoms with Crippen molar-refractivity contribution in [2.75, 3.05) is 13.7 Å². The number of hydrogen-bond donors (Lipinski definition) is 3. The number of pyridine rings is 1. The lowest BCUT2D eigenvalue weighted by Gasteiger charge is -2.20. The van der Waals surface area contributed by atoms with Crippen molar-refractivity contribution in [1.29, 1.82) is 0 Å². The lowest BCUT2D eigenvalue weighted by molar-refractivity contribution is -0.137. The maximum Gasteiger partial charge on any atom is 0.331 e. The van der Waals surface area contributed by atoms with Crippen molar-refractivity contribution >= 4 is 41.2 Å². The van der Waals surface area contributed by atoms with Gasteiger partial charge in [-0.3, -0.25) is 10.1 Å². The quantitative estimate of drug-likeness (QED) is 0.288. The van der Waals surface area contributed by atoms with E-state index in [2.05, 4.69) is 20.6 Å². The molecule has 0 radical (unpaired) electrons. The van der Waals surface area contributed by atoms with Crippen molar-refractivity contribution in [1.82, 2.24) is 20.5 Å². The highest BCUT2D eigenvalue weighted by atomic mass is 35.5. The second kappa shape index (κ2) is 12.9. The molecular formula is C25H24ClN5O6. The number of carbonyl (C=O) groups is 3. The zero-order chi connectivity index (χ0) is 26.8. The predicted octanol–water partition coefficient (Wildman–Crippen LogP) is 4.59. The number of nitrogens with one attached hydrogen (secondary N) is 2. The number of methoxy groups -OCH3 is 1. The summed E-state index contributed by atoms with van der Waals surface area (Å²) in [5.41, 5.74) is 1.22. The van der Waals surface area contributed by atoms with Gasteiger partial charge in [-0.05, 0) is 55.0 Å². The Hall–Kier alpha value is -4.64. The second-order valence-corrected chi connectivity index (χ2v) is 7.96. The lowest BCUT2D eigenvalue weighted by atomic mass is 10.2. The molecule has 0 atom stereocenters. The van der Waals surface area contributed by atoms with Crippen LogP contribution in [0.2, 0.25) is 5.02 Å². The van der Waals surface area contributed by atoms with Crippen molar-refractivity contribution in [2.24, 2.45) is 4.99 Å². The van der Waals surface area contributed by atoms with Crippen LogP contribution in [0.1, 0.15) is 12.5 Å². The first-order valence-electron chi connectivity index (χ1n) is 10.9. The number of halogens is 1. The Morgan fingerprint density at radius 3 is 2.27 bits per heavy atom. The Bertz CT molecular complexity index is 1260. The molecule has 37 heavy (non-hydrogen) atoms. The highest BCUT2D eigenvalue weighted by Gasteiger charge is 2.24. The molecule has 11 nitrogen and oxygen atoms in total. The largest absolute Gasteiger partial charge is 0.481 e. The number of rotatable bonds is 8. The van der Waals surface area contributed by atoms with E-state index in [4.69, 9.17) is 26.2 Å². The SMILES string of the molecule is COc1ccc(Oc2ccc(/N=C(/C)NC(=O)N(CC(=O)O)C(=O)NCc3ccc(Cl)cc3)cc2)cn1. The molecule has 0 aliphatic heterocycles. The fraction of sp³-hybridized carbons (Fsp3) is 0.160. The molecule has 3 aromatic rings. The van der Waals surface area contributed by atoms with Gasteiger partial charge in [0.05, 0.1) is 19.0 Å². The molecule has 0 saturated carbocycles. The molecule has 0 unspecified atom stereocenters. The molecule has 0 fully saturated rings. The third kappa shape index (κ3) is 8.51. The molecule has 3 rings (SSSR count). The number of aromatic nitrogens is 1. The molecule has 3 N–H and O–H groups in total. The molecule has 2 aromatic carbocycles. The van der Waals surface area contributed by atoms with Crippen molar-refractivity contribution in [2.45, 2.75) is 13.5 Å². The highest BCUT2D eigenvalue weighted by molar-refractivity contribution is 6.30. The average Bonchev–Trinajstić information content (AvgIpc) is 2.88. The maximum atomic E-state index is 12.6. The summed E-state index contributed by atoms with van der Waals surface area (Å²) in [5, 5.41) is 14.6. The fourth-order valence-electron chi connectivity index (χ4n) is 2.96. The van der Waals surface area contributed by atoms with Crippen LogP contribution in [0.4, 0.5) is 15.3 Å². The minimum atomic E-state index is -1.35. The van der Waals surface area contributed by atoms with E-state index in [0.717, 1.165) is 5.56 Å². The van der Waals surface area contributed by atoms with Crippen LogP contribution in [0.3, 0.4) is 0 Å². The Balaban J connectivity index is 1.60. The Morgan fingerprint density at radius 1 is 1.00 bits per heavy atom. The maximum absolute atomic E-state index is 12.6. The lowest BCUT2D eigenvalue weighted by Crippen LogP contribution is -2.51. The van der Waals surface area contributed by atoms with Gasteiger partial charge in [0.1, 0.15) is 23.9 Å². The van der Waals surface area contributed by atoms with Gasteiger partial charge in [-0.2, -0.15) is 0 Å². The third-order valence-corrected chi connectivity index (χ3v) is 4.97. The molecule has 0 saturated heterocycles. The van der Waals surface area contributed by atoms with E-state index in [1.54, 1.807) is 60.7 Å². The number of carboxylic acids is 1. The zero-order valence-corrected chi connectivity index (χ0v) is 20.7. The Kier molecular flexibility index (Phi) is 9.39. The van der Waals surface area contributed by atoms with Gasteiger partial charge >= 0.3 is 18.0 Å². The number of carboxylic acid groups (broad SMARTS) is 1. The second-order valence-electron chi connectivity index (χ2n) is 7.52. The number of amides is 4. The zero-order valence-electron chi connectivity index (χ0n) is 20.0. The van der Waals surface area contributed by atoms with Crippen molar-refractivity contribution in [3.63, 3.8) is 0 Å². The van der Waals surface area contributed by atoms with Crippen LogP contribution in [0.25, 0.3) is 0 Å². The van der Waals surface area contributed by atoms with E-state index in [1.807, 2.05) is 0 Å². The van der Waals surface area contributed by atoms with Gasteiger partial charge in [-0.15, -0.1) is 0 Å². The van der Waals surface area contributed by atoms with E-state index >= 15 is 0 Å². The standard InChI is InChI=1S/C25H24ClN5O6/c1-16(29-19-7-9-20(10-8-19)37-21-11-12-22(36-2)27-14-21)30-25(35)31(15-23(32)33)24(34)28-13-17-3-5-18(26)6-4-17/h3-12,14H,13,15H2,1-2H3,(H,28,34)(H,32,33)(H,29,30,35). The normalized spacial score (nSPS) is 10.8. The van der Waals surface area contributed by atoms with Crippen molar-refractivity contribution < 1.29 is 29.0 Å². The van der Waals surface area contributed by atoms with Gasteiger partial charge in [-0.1, -0.05) is 23.7 Å². The Morgan fingerprint density at radius 2 is 1.68 bits per heavy atom. The summed E-state index contributed by atoms with van der Waals surface area (Å²) in [4.78, 5) is 45.3. The van der Waals surface area contributed by atoms with E-state index in [0.29, 0.717) is 33.0 Å². The van der Waals surface area contributed by atoms with E-state index in [-0.39, 0.29) is 12.4 Å². The number of hydrogen-bond acceptors (Lipinski definition) is 7. The number of benzene rings is 2. The number of urea groups is 2. The summed E-state index contributed by atoms with van der Waals surface area (Å²) in [6.07, 6.45) is 1.53. The van der Waals surface area contributed by atoms with Gasteiger partial charge in [0.2, 0.25) is 5.88 Å². The molecule has 0 bridgehead atoms. The molecule has 1 heterocycles. The number of imide groups is 1. The molecular weight excluding hydrogens is 502 g/mol. The molecule has 0 aliphatic carbocycles. The van der Waals surface area contributed by atoms with Crippen LogP contribution in [-0.2, 0) is 11.3 Å². The topological polar surface area (TPSA) is 142 Å². The number of nitrogens with zero attached hydrogens (tertiary/aromatic N) is 3. The molecule has 0 spiro atoms. The first-order chi connectivity index (χ1) is 17.7. The van der Waals surface area contributed by atoms with Crippen LogP contribution in [0, 0.1) is 0 Å². The van der Waals surface area contributed by atoms with Gasteiger partial charge < -0.3 is 19.9 Å². The molecule has 1 aromatic heterocycles. The van der Waals surface area contributed by atoms with Crippen LogP contribution in [0.5, 0.6) is 17.4 Å². The summed E-state index contributed by atoms with van der Waals surface area (Å²) in [6, 6.07) is 15.0. The number of aliphatic imine (C=N–C) groups is 1. The fourth-order valence-corrected chi connectivity index (χ4v) is 3.09. The molecule has 192 valence electrons. The van der Waals surface area contributed by atoms with E-state index < -0.39 is 24.6 Å². The van der Waals surface area contributed by atoms with Crippen LogP contribution in [0.15, 0.2) is 71.9 Å². The number of aliphatic carboxylic acids is 1. The summed E-state index contributed by atoms with van der Waals surface area (Å²) in [7, 11) is 1.52. The van der Waals surface area contributed by atoms with Crippen LogP contribution >= 0.6 is 11.6 Å². The van der Waals surface area contributed by atoms with Gasteiger partial charge in [-0.25, -0.2) is 24.5 Å². The third-order valence-electron chi connectivity index (χ3n) is 4.72. The van der Waals surface area contributed by atoms with Crippen LogP contribution in [-0.4, -0.2) is 52.5 Å². The molecule has 4 amide bonds. The minimum Gasteiger partial charge on any atom is -0.481 e. The number of carbonyl (C=O) groups excluding carboxylic acids is 2. The summed E-state index contributed by atoms with van der Waals surface area (Å²) in [5.74, 6) is 0.328. The summed E-state index contributed by atoms with van der Waals surface area (Å²) in [6.45, 7) is 0.751. The molecule has 0 aliphatic rings. The van der Waals surface area contributed by atoms with Crippen LogP contribution < -0.4 is 20.1 Å². The van der Waals surface area contributed by atoms with Gasteiger partial charge in [0.25, 0.3) is 0 Å². The van der Waals surface area contributed by atoms with Gasteiger partial charge in [0.15, 0.2) is 0 Å². The van der Waals surface area contributed by atoms with Crippen molar-refractivity contribution in [3.8, 4) is 17.4 Å². The summed E-state index contributed by atoms with van der Waals surface area (Å²) < 4.78 is 10.7. The van der Waals surface area contributed by atoms with E-state index in [9.17, 15) is 14.4 Å². The van der Waals surface area contributed by atoms with Crippen molar-refractivity contribution in [3.05, 3.63) is 77.4 Å². The smallest absolute Gasteiger partial charge is 0.331 e. The number of ether oxygens (including phenoxy) is 2. The molecule has 12 heteroatoms. The monoisotopic (exact) mass is 525 g/mol. The minimum absolute atomic E-state index is 0.0769. The summed E-state index contributed by atoms with van der Waals surface area (Å²) >= 11 is 5.84. The highest BCUT2D eigenvalue weighted by Crippen LogP contribution is 2.24.